The number of rotatable bonds is 3. The molecule has 1 nitrogen and oxygen atoms in total. The maximum atomic E-state index is 3.76. The largest absolute Gasteiger partial charge is 0.378 e. The first-order valence-corrected chi connectivity index (χ1v) is 5.71. The molecule has 0 amide bonds. The summed E-state index contributed by atoms with van der Waals surface area (Å²) in [4.78, 5) is 2.10. The van der Waals surface area contributed by atoms with Crippen LogP contribution < -0.4 is 4.90 Å². The fourth-order valence-corrected chi connectivity index (χ4v) is 1.76. The van der Waals surface area contributed by atoms with Crippen molar-refractivity contribution in [2.24, 2.45) is 0 Å². The summed E-state index contributed by atoms with van der Waals surface area (Å²) in [6.07, 6.45) is 1.86. The van der Waals surface area contributed by atoms with Crippen molar-refractivity contribution >= 4 is 11.8 Å². The Morgan fingerprint density at radius 2 is 1.29 bits per heavy atom. The molecular weight excluding hydrogens is 206 g/mol. The van der Waals surface area contributed by atoms with Crippen molar-refractivity contribution in [2.45, 2.75) is 0 Å². The average Bonchev–Trinajstić information content (AvgIpc) is 2.39. The van der Waals surface area contributed by atoms with Gasteiger partial charge in [0.15, 0.2) is 0 Å². The standard InChI is InChI=1S/C16H17N/c1-4-13-5-7-14(8-6-13)15-9-11-16(12-10-15)17(2)3/h4-12H,1H2,2-3H3. The lowest BCUT2D eigenvalue weighted by Gasteiger charge is -2.12. The van der Waals surface area contributed by atoms with E-state index in [0.29, 0.717) is 0 Å². The summed E-state index contributed by atoms with van der Waals surface area (Å²) in [6, 6.07) is 17.0. The maximum absolute atomic E-state index is 3.76. The van der Waals surface area contributed by atoms with Gasteiger partial charge in [-0.15, -0.1) is 0 Å². The first kappa shape index (κ1) is 11.5. The van der Waals surface area contributed by atoms with Crippen LogP contribution in [0, 0.1) is 0 Å². The van der Waals surface area contributed by atoms with Crippen molar-refractivity contribution in [3.63, 3.8) is 0 Å². The zero-order valence-electron chi connectivity index (χ0n) is 10.4. The second-order valence-electron chi connectivity index (χ2n) is 4.27. The van der Waals surface area contributed by atoms with E-state index >= 15 is 0 Å². The molecule has 0 atom stereocenters. The number of hydrogen-bond acceptors (Lipinski definition) is 1. The summed E-state index contributed by atoms with van der Waals surface area (Å²) < 4.78 is 0. The molecule has 0 saturated heterocycles. The summed E-state index contributed by atoms with van der Waals surface area (Å²) in [6.45, 7) is 3.76. The third-order valence-corrected chi connectivity index (χ3v) is 2.86. The highest BCUT2D eigenvalue weighted by Crippen LogP contribution is 2.22. The molecule has 2 aromatic carbocycles. The van der Waals surface area contributed by atoms with Crippen molar-refractivity contribution in [1.82, 2.24) is 0 Å². The van der Waals surface area contributed by atoms with Crippen LogP contribution in [0.3, 0.4) is 0 Å². The van der Waals surface area contributed by atoms with Crippen molar-refractivity contribution in [3.8, 4) is 11.1 Å². The Morgan fingerprint density at radius 3 is 1.71 bits per heavy atom. The molecule has 0 aliphatic carbocycles. The van der Waals surface area contributed by atoms with E-state index in [1.165, 1.54) is 16.8 Å². The normalized spacial score (nSPS) is 10.0. The fourth-order valence-electron chi connectivity index (χ4n) is 1.76. The Labute approximate surface area is 103 Å². The van der Waals surface area contributed by atoms with Crippen LogP contribution >= 0.6 is 0 Å². The fraction of sp³-hybridized carbons (Fsp3) is 0.125. The Morgan fingerprint density at radius 1 is 0.824 bits per heavy atom. The molecule has 0 spiro atoms. The molecule has 0 fully saturated rings. The monoisotopic (exact) mass is 223 g/mol. The maximum Gasteiger partial charge on any atom is 0.0361 e. The molecule has 17 heavy (non-hydrogen) atoms. The van der Waals surface area contributed by atoms with Crippen LogP contribution in [-0.2, 0) is 0 Å². The molecule has 86 valence electrons. The van der Waals surface area contributed by atoms with Gasteiger partial charge in [0.25, 0.3) is 0 Å². The van der Waals surface area contributed by atoms with E-state index in [4.69, 9.17) is 0 Å². The highest BCUT2D eigenvalue weighted by Gasteiger charge is 1.98. The highest BCUT2D eigenvalue weighted by atomic mass is 15.1. The minimum absolute atomic E-state index is 1.15. The molecule has 0 aliphatic heterocycles. The molecule has 0 aromatic heterocycles. The highest BCUT2D eigenvalue weighted by molar-refractivity contribution is 5.67. The lowest BCUT2D eigenvalue weighted by molar-refractivity contribution is 1.13. The average molecular weight is 223 g/mol. The van der Waals surface area contributed by atoms with Crippen molar-refractivity contribution in [2.75, 3.05) is 19.0 Å². The van der Waals surface area contributed by atoms with E-state index in [-0.39, 0.29) is 0 Å². The van der Waals surface area contributed by atoms with E-state index in [1.54, 1.807) is 0 Å². The predicted molar refractivity (Wildman–Crippen MR) is 76.3 cm³/mol. The smallest absolute Gasteiger partial charge is 0.0361 e. The molecule has 2 rings (SSSR count). The van der Waals surface area contributed by atoms with Crippen LogP contribution in [0.15, 0.2) is 55.1 Å². The SMILES string of the molecule is C=Cc1ccc(-c2ccc(N(C)C)cc2)cc1. The van der Waals surface area contributed by atoms with E-state index in [9.17, 15) is 0 Å². The van der Waals surface area contributed by atoms with E-state index in [0.717, 1.165) is 5.56 Å². The van der Waals surface area contributed by atoms with Crippen LogP contribution in [0.25, 0.3) is 17.2 Å². The summed E-state index contributed by atoms with van der Waals surface area (Å²) >= 11 is 0. The Bertz CT molecular complexity index is 492. The summed E-state index contributed by atoms with van der Waals surface area (Å²) in [5, 5.41) is 0. The lowest BCUT2D eigenvalue weighted by Crippen LogP contribution is -2.07. The zero-order valence-corrected chi connectivity index (χ0v) is 10.4. The number of hydrogen-bond donors (Lipinski definition) is 0. The number of benzene rings is 2. The minimum Gasteiger partial charge on any atom is -0.378 e. The van der Waals surface area contributed by atoms with Gasteiger partial charge in [0.1, 0.15) is 0 Å². The van der Waals surface area contributed by atoms with Gasteiger partial charge in [0.05, 0.1) is 0 Å². The van der Waals surface area contributed by atoms with Crippen LogP contribution in [0.5, 0.6) is 0 Å². The van der Waals surface area contributed by atoms with Crippen molar-refractivity contribution < 1.29 is 0 Å². The first-order chi connectivity index (χ1) is 8.20. The minimum atomic E-state index is 1.15. The van der Waals surface area contributed by atoms with Crippen LogP contribution in [0.2, 0.25) is 0 Å². The Kier molecular flexibility index (Phi) is 3.29. The molecule has 1 heteroatoms. The van der Waals surface area contributed by atoms with Gasteiger partial charge in [-0.25, -0.2) is 0 Å². The van der Waals surface area contributed by atoms with Crippen molar-refractivity contribution in [1.29, 1.82) is 0 Å². The molecule has 0 radical (unpaired) electrons. The third kappa shape index (κ3) is 2.56. The van der Waals surface area contributed by atoms with Gasteiger partial charge in [-0.2, -0.15) is 0 Å². The molecule has 0 aliphatic rings. The molecule has 0 heterocycles. The quantitative estimate of drug-likeness (QED) is 0.758. The molecule has 2 aromatic rings. The lowest BCUT2D eigenvalue weighted by atomic mass is 10.0. The molecule has 0 saturated carbocycles. The summed E-state index contributed by atoms with van der Waals surface area (Å²) in [7, 11) is 4.10. The number of anilines is 1. The molecule has 0 bridgehead atoms. The van der Waals surface area contributed by atoms with Gasteiger partial charge >= 0.3 is 0 Å². The summed E-state index contributed by atoms with van der Waals surface area (Å²) in [5.74, 6) is 0. The summed E-state index contributed by atoms with van der Waals surface area (Å²) in [5.41, 5.74) is 4.85. The Balaban J connectivity index is 2.29. The third-order valence-electron chi connectivity index (χ3n) is 2.86. The van der Waals surface area contributed by atoms with Gasteiger partial charge < -0.3 is 4.90 Å². The van der Waals surface area contributed by atoms with Crippen LogP contribution in [0.4, 0.5) is 5.69 Å². The molecule has 0 N–H and O–H groups in total. The zero-order chi connectivity index (χ0) is 12.3. The van der Waals surface area contributed by atoms with E-state index in [2.05, 4.69) is 60.0 Å². The van der Waals surface area contributed by atoms with Gasteiger partial charge in [-0.1, -0.05) is 49.1 Å². The van der Waals surface area contributed by atoms with Gasteiger partial charge in [0.2, 0.25) is 0 Å². The van der Waals surface area contributed by atoms with E-state index in [1.807, 2.05) is 20.2 Å². The van der Waals surface area contributed by atoms with Crippen LogP contribution in [0.1, 0.15) is 5.56 Å². The molecule has 0 unspecified atom stereocenters. The predicted octanol–water partition coefficient (Wildman–Crippen LogP) is 4.06. The Hall–Kier alpha value is -2.02. The molecular formula is C16H17N. The van der Waals surface area contributed by atoms with Crippen molar-refractivity contribution in [3.05, 3.63) is 60.7 Å². The number of nitrogens with zero attached hydrogens (tertiary/aromatic N) is 1. The van der Waals surface area contributed by atoms with Gasteiger partial charge in [0, 0.05) is 19.8 Å². The topological polar surface area (TPSA) is 3.24 Å². The van der Waals surface area contributed by atoms with Crippen LogP contribution in [-0.4, -0.2) is 14.1 Å². The second-order valence-corrected chi connectivity index (χ2v) is 4.27. The van der Waals surface area contributed by atoms with E-state index < -0.39 is 0 Å². The van der Waals surface area contributed by atoms with Gasteiger partial charge in [-0.05, 0) is 28.8 Å². The second kappa shape index (κ2) is 4.88. The first-order valence-electron chi connectivity index (χ1n) is 5.71. The van der Waals surface area contributed by atoms with Gasteiger partial charge in [-0.3, -0.25) is 0 Å².